The molecule has 3 aliphatic rings. The molecule has 2 aliphatic carbocycles. The molecule has 1 aromatic carbocycles. The highest BCUT2D eigenvalue weighted by Gasteiger charge is 2.54. The Bertz CT molecular complexity index is 804. The zero-order valence-electron chi connectivity index (χ0n) is 19.1. The van der Waals surface area contributed by atoms with E-state index < -0.39 is 0 Å². The third-order valence-corrected chi connectivity index (χ3v) is 8.12. The number of carbonyl (C=O) groups is 2. The number of likely N-dealkylation sites (tertiary alicyclic amines) is 1. The molecule has 1 heterocycles. The van der Waals surface area contributed by atoms with Crippen LogP contribution in [-0.2, 0) is 9.53 Å². The minimum Gasteiger partial charge on any atom is -0.453 e. The van der Waals surface area contributed by atoms with E-state index in [1.54, 1.807) is 11.9 Å². The number of methoxy groups -OCH3 is 1. The van der Waals surface area contributed by atoms with E-state index in [1.807, 2.05) is 6.92 Å². The summed E-state index contributed by atoms with van der Waals surface area (Å²) in [5, 5.41) is 0. The van der Waals surface area contributed by atoms with Crippen molar-refractivity contribution in [1.82, 2.24) is 9.80 Å². The van der Waals surface area contributed by atoms with Crippen molar-refractivity contribution in [2.75, 3.05) is 27.2 Å². The summed E-state index contributed by atoms with van der Waals surface area (Å²) < 4.78 is 4.83. The van der Waals surface area contributed by atoms with Crippen LogP contribution >= 0.6 is 0 Å². The molecular formula is C25H36N2O3. The maximum Gasteiger partial charge on any atom is 0.409 e. The Morgan fingerprint density at radius 1 is 1.13 bits per heavy atom. The highest BCUT2D eigenvalue weighted by atomic mass is 16.5. The van der Waals surface area contributed by atoms with Gasteiger partial charge >= 0.3 is 6.09 Å². The van der Waals surface area contributed by atoms with Gasteiger partial charge in [0.25, 0.3) is 0 Å². The lowest BCUT2D eigenvalue weighted by atomic mass is 9.67. The molecule has 0 aromatic heterocycles. The van der Waals surface area contributed by atoms with E-state index in [0.29, 0.717) is 17.3 Å². The Hall–Kier alpha value is -2.04. The number of ether oxygens (including phenoxy) is 1. The average molecular weight is 413 g/mol. The van der Waals surface area contributed by atoms with Gasteiger partial charge in [0.15, 0.2) is 0 Å². The van der Waals surface area contributed by atoms with Crippen LogP contribution in [0.3, 0.4) is 0 Å². The minimum absolute atomic E-state index is 0.0419. The number of amides is 2. The van der Waals surface area contributed by atoms with Gasteiger partial charge in [0.05, 0.1) is 7.11 Å². The number of rotatable bonds is 4. The van der Waals surface area contributed by atoms with Gasteiger partial charge in [-0.1, -0.05) is 38.1 Å². The van der Waals surface area contributed by atoms with E-state index >= 15 is 0 Å². The Kier molecular flexibility index (Phi) is 5.36. The van der Waals surface area contributed by atoms with E-state index in [9.17, 15) is 9.59 Å². The molecule has 1 saturated heterocycles. The van der Waals surface area contributed by atoms with Crippen LogP contribution in [-0.4, -0.2) is 54.6 Å². The smallest absolute Gasteiger partial charge is 0.409 e. The number of carbonyl (C=O) groups excluding carboxylic acids is 2. The summed E-state index contributed by atoms with van der Waals surface area (Å²) in [6.45, 7) is 8.33. The van der Waals surface area contributed by atoms with E-state index in [1.165, 1.54) is 37.5 Å². The predicted octanol–water partition coefficient (Wildman–Crippen LogP) is 4.77. The highest BCUT2D eigenvalue weighted by molar-refractivity contribution is 5.82. The number of hydrogen-bond acceptors (Lipinski definition) is 3. The molecule has 0 radical (unpaired) electrons. The zero-order chi connectivity index (χ0) is 21.7. The van der Waals surface area contributed by atoms with Crippen LogP contribution in [0.1, 0.15) is 75.8 Å². The third kappa shape index (κ3) is 3.61. The molecule has 4 rings (SSSR count). The van der Waals surface area contributed by atoms with Crippen molar-refractivity contribution in [3.8, 4) is 0 Å². The first-order chi connectivity index (χ1) is 14.2. The van der Waals surface area contributed by atoms with Gasteiger partial charge in [-0.15, -0.1) is 0 Å². The number of benzene rings is 1. The maximum atomic E-state index is 12.9. The lowest BCUT2D eigenvalue weighted by molar-refractivity contribution is -0.155. The Labute approximate surface area is 180 Å². The van der Waals surface area contributed by atoms with Crippen molar-refractivity contribution in [2.45, 2.75) is 70.3 Å². The molecule has 3 fully saturated rings. The minimum atomic E-state index is -0.329. The molecule has 5 heteroatoms. The summed E-state index contributed by atoms with van der Waals surface area (Å²) in [5.41, 5.74) is 2.92. The van der Waals surface area contributed by atoms with Gasteiger partial charge in [-0.2, -0.15) is 0 Å². The molecule has 164 valence electrons. The molecule has 5 nitrogen and oxygen atoms in total. The molecule has 1 aliphatic heterocycles. The van der Waals surface area contributed by atoms with E-state index in [0.717, 1.165) is 25.9 Å². The van der Waals surface area contributed by atoms with Crippen molar-refractivity contribution < 1.29 is 14.3 Å². The quantitative estimate of drug-likeness (QED) is 0.715. The van der Waals surface area contributed by atoms with Gasteiger partial charge in [0.1, 0.15) is 0 Å². The lowest BCUT2D eigenvalue weighted by Gasteiger charge is -2.54. The molecule has 1 unspecified atom stereocenters. The van der Waals surface area contributed by atoms with Crippen molar-refractivity contribution in [3.05, 3.63) is 35.4 Å². The summed E-state index contributed by atoms with van der Waals surface area (Å²) in [6.07, 6.45) is 4.78. The zero-order valence-corrected chi connectivity index (χ0v) is 19.1. The van der Waals surface area contributed by atoms with Gasteiger partial charge in [-0.05, 0) is 62.0 Å². The molecule has 1 aromatic rings. The third-order valence-electron chi connectivity index (χ3n) is 8.12. The van der Waals surface area contributed by atoms with Crippen molar-refractivity contribution in [3.63, 3.8) is 0 Å². The Balaban J connectivity index is 1.28. The molecule has 30 heavy (non-hydrogen) atoms. The average Bonchev–Trinajstić information content (AvgIpc) is 3.14. The van der Waals surface area contributed by atoms with E-state index in [2.05, 4.69) is 43.0 Å². The molecule has 2 saturated carbocycles. The Morgan fingerprint density at radius 3 is 2.33 bits per heavy atom. The lowest BCUT2D eigenvalue weighted by Crippen LogP contribution is -2.63. The van der Waals surface area contributed by atoms with Gasteiger partial charge in [0, 0.05) is 37.0 Å². The fourth-order valence-electron chi connectivity index (χ4n) is 5.92. The fraction of sp³-hybridized carbons (Fsp3) is 0.680. The molecule has 1 atom stereocenters. The van der Waals surface area contributed by atoms with Crippen LogP contribution in [0.15, 0.2) is 24.3 Å². The summed E-state index contributed by atoms with van der Waals surface area (Å²) in [5.74, 6) is 1.52. The van der Waals surface area contributed by atoms with Crippen LogP contribution in [0.25, 0.3) is 0 Å². The monoisotopic (exact) mass is 412 g/mol. The summed E-state index contributed by atoms with van der Waals surface area (Å²) in [6, 6.07) is 9.18. The second-order valence-corrected chi connectivity index (χ2v) is 10.6. The molecule has 0 bridgehead atoms. The topological polar surface area (TPSA) is 49.9 Å². The van der Waals surface area contributed by atoms with E-state index in [4.69, 9.17) is 4.74 Å². The first-order valence-corrected chi connectivity index (χ1v) is 11.4. The number of hydrogen-bond donors (Lipinski definition) is 0. The van der Waals surface area contributed by atoms with Crippen LogP contribution in [0.4, 0.5) is 4.79 Å². The molecule has 0 N–H and O–H groups in total. The molecular weight excluding hydrogens is 376 g/mol. The maximum absolute atomic E-state index is 12.9. The molecule has 1 spiro atoms. The van der Waals surface area contributed by atoms with Crippen molar-refractivity contribution >= 4 is 12.0 Å². The van der Waals surface area contributed by atoms with Crippen molar-refractivity contribution in [2.24, 2.45) is 11.3 Å². The fourth-order valence-corrected chi connectivity index (χ4v) is 5.92. The van der Waals surface area contributed by atoms with Crippen LogP contribution in [0.5, 0.6) is 0 Å². The first-order valence-electron chi connectivity index (χ1n) is 11.4. The van der Waals surface area contributed by atoms with Gasteiger partial charge in [-0.3, -0.25) is 4.79 Å². The normalized spacial score (nSPS) is 29.5. The number of nitrogens with zero attached hydrogens (tertiary/aromatic N) is 2. The predicted molar refractivity (Wildman–Crippen MR) is 117 cm³/mol. The van der Waals surface area contributed by atoms with Gasteiger partial charge in [0.2, 0.25) is 5.91 Å². The first kappa shape index (κ1) is 21.2. The van der Waals surface area contributed by atoms with Crippen LogP contribution in [0.2, 0.25) is 0 Å². The highest BCUT2D eigenvalue weighted by Crippen LogP contribution is 2.53. The van der Waals surface area contributed by atoms with Gasteiger partial charge in [-0.25, -0.2) is 4.79 Å². The van der Waals surface area contributed by atoms with Crippen molar-refractivity contribution in [1.29, 1.82) is 0 Å². The second kappa shape index (κ2) is 7.58. The van der Waals surface area contributed by atoms with Crippen LogP contribution < -0.4 is 0 Å². The standard InChI is InChI=1S/C25H36N2O3/c1-17(2)18-6-8-19(9-7-18)20-10-11-25(14-20)15-27(16-25)22(28)21-12-24(3,13-21)26(4)23(29)30-5/h6-9,17,20-21H,10-16H2,1-5H3. The van der Waals surface area contributed by atoms with Gasteiger partial charge < -0.3 is 14.5 Å². The summed E-state index contributed by atoms with van der Waals surface area (Å²) in [7, 11) is 3.16. The SMILES string of the molecule is COC(=O)N(C)C1(C)CC(C(=O)N2CC3(CCC(c4ccc(C(C)C)cc4)C3)C2)C1. The largest absolute Gasteiger partial charge is 0.453 e. The summed E-state index contributed by atoms with van der Waals surface area (Å²) >= 11 is 0. The second-order valence-electron chi connectivity index (χ2n) is 10.6. The van der Waals surface area contributed by atoms with Crippen LogP contribution in [0, 0.1) is 11.3 Å². The van der Waals surface area contributed by atoms with E-state index in [-0.39, 0.29) is 23.5 Å². The molecule has 2 amide bonds. The Morgan fingerprint density at radius 2 is 1.77 bits per heavy atom. The summed E-state index contributed by atoms with van der Waals surface area (Å²) in [4.78, 5) is 28.4.